The van der Waals surface area contributed by atoms with Crippen molar-refractivity contribution < 1.29 is 9.53 Å². The van der Waals surface area contributed by atoms with Gasteiger partial charge in [0.2, 0.25) is 5.91 Å². The minimum atomic E-state index is -0.159. The van der Waals surface area contributed by atoms with Gasteiger partial charge >= 0.3 is 0 Å². The average molecular weight is 297 g/mol. The molecule has 0 radical (unpaired) electrons. The van der Waals surface area contributed by atoms with Crippen LogP contribution >= 0.6 is 11.6 Å². The highest BCUT2D eigenvalue weighted by Crippen LogP contribution is 2.17. The van der Waals surface area contributed by atoms with Gasteiger partial charge in [0.05, 0.1) is 12.1 Å². The first kappa shape index (κ1) is 15.3. The number of hydrogen-bond acceptors (Lipinski definition) is 3. The maximum Gasteiger partial charge on any atom is 0.237 e. The highest BCUT2D eigenvalue weighted by atomic mass is 35.5. The fourth-order valence-electron chi connectivity index (χ4n) is 2.47. The van der Waals surface area contributed by atoms with E-state index in [2.05, 4.69) is 10.6 Å². The highest BCUT2D eigenvalue weighted by molar-refractivity contribution is 6.31. The number of carbonyl (C=O) groups excluding carboxylic acids is 1. The minimum Gasteiger partial charge on any atom is -0.380 e. The standard InChI is InChI=1S/C15H21ClN2O2/c1-10(7-11-5-3-4-6-13(11)16)18-15(19)14-8-12(20-2)9-17-14/h3-6,10,12,14,17H,7-9H2,1-2H3,(H,18,19). The molecule has 2 rings (SSSR count). The Bertz CT molecular complexity index is 467. The van der Waals surface area contributed by atoms with Gasteiger partial charge in [-0.1, -0.05) is 29.8 Å². The second-order valence-electron chi connectivity index (χ2n) is 5.26. The van der Waals surface area contributed by atoms with Gasteiger partial charge in [0.1, 0.15) is 0 Å². The van der Waals surface area contributed by atoms with Crippen LogP contribution in [0, 0.1) is 0 Å². The summed E-state index contributed by atoms with van der Waals surface area (Å²) in [5, 5.41) is 6.94. The molecule has 2 N–H and O–H groups in total. The quantitative estimate of drug-likeness (QED) is 0.870. The van der Waals surface area contributed by atoms with Gasteiger partial charge in [-0.2, -0.15) is 0 Å². The molecule has 3 atom stereocenters. The Hall–Kier alpha value is -1.10. The van der Waals surface area contributed by atoms with Crippen LogP contribution in [-0.2, 0) is 16.0 Å². The van der Waals surface area contributed by atoms with Gasteiger partial charge in [-0.25, -0.2) is 0 Å². The molecule has 1 amide bonds. The van der Waals surface area contributed by atoms with Crippen molar-refractivity contribution in [3.05, 3.63) is 34.9 Å². The molecule has 1 aliphatic heterocycles. The van der Waals surface area contributed by atoms with Crippen LogP contribution in [0.5, 0.6) is 0 Å². The molecule has 5 heteroatoms. The van der Waals surface area contributed by atoms with Crippen molar-refractivity contribution in [3.63, 3.8) is 0 Å². The first-order valence-electron chi connectivity index (χ1n) is 6.90. The number of amides is 1. The van der Waals surface area contributed by atoms with E-state index >= 15 is 0 Å². The lowest BCUT2D eigenvalue weighted by Crippen LogP contribution is -2.44. The molecule has 3 unspecified atom stereocenters. The molecular weight excluding hydrogens is 276 g/mol. The van der Waals surface area contributed by atoms with E-state index in [-0.39, 0.29) is 24.1 Å². The zero-order chi connectivity index (χ0) is 14.5. The molecule has 0 saturated carbocycles. The van der Waals surface area contributed by atoms with Gasteiger partial charge < -0.3 is 15.4 Å². The van der Waals surface area contributed by atoms with Crippen LogP contribution in [0.3, 0.4) is 0 Å². The maximum absolute atomic E-state index is 12.1. The third kappa shape index (κ3) is 3.95. The molecule has 0 spiro atoms. The number of benzene rings is 1. The molecule has 1 aliphatic rings. The fraction of sp³-hybridized carbons (Fsp3) is 0.533. The molecule has 110 valence electrons. The number of halogens is 1. The van der Waals surface area contributed by atoms with E-state index < -0.39 is 0 Å². The number of hydrogen-bond donors (Lipinski definition) is 2. The van der Waals surface area contributed by atoms with E-state index in [0.29, 0.717) is 0 Å². The van der Waals surface area contributed by atoms with Gasteiger partial charge in [-0.05, 0) is 31.4 Å². The predicted molar refractivity (Wildman–Crippen MR) is 80.0 cm³/mol. The normalized spacial score (nSPS) is 23.6. The smallest absolute Gasteiger partial charge is 0.237 e. The summed E-state index contributed by atoms with van der Waals surface area (Å²) < 4.78 is 5.25. The third-order valence-electron chi connectivity index (χ3n) is 3.61. The van der Waals surface area contributed by atoms with E-state index in [9.17, 15) is 4.79 Å². The van der Waals surface area contributed by atoms with Crippen molar-refractivity contribution in [2.45, 2.75) is 38.0 Å². The monoisotopic (exact) mass is 296 g/mol. The zero-order valence-electron chi connectivity index (χ0n) is 11.9. The molecule has 1 heterocycles. The Balaban J connectivity index is 1.84. The van der Waals surface area contributed by atoms with Gasteiger partial charge in [0.25, 0.3) is 0 Å². The fourth-order valence-corrected chi connectivity index (χ4v) is 2.68. The Labute approximate surface area is 124 Å². The van der Waals surface area contributed by atoms with Crippen molar-refractivity contribution in [2.24, 2.45) is 0 Å². The summed E-state index contributed by atoms with van der Waals surface area (Å²) in [7, 11) is 1.67. The molecule has 1 saturated heterocycles. The number of methoxy groups -OCH3 is 1. The van der Waals surface area contributed by atoms with Crippen molar-refractivity contribution in [2.75, 3.05) is 13.7 Å². The summed E-state index contributed by atoms with van der Waals surface area (Å²) in [5.74, 6) is 0.0316. The summed E-state index contributed by atoms with van der Waals surface area (Å²) in [6.07, 6.45) is 1.58. The van der Waals surface area contributed by atoms with E-state index in [4.69, 9.17) is 16.3 Å². The number of nitrogens with one attached hydrogen (secondary N) is 2. The topological polar surface area (TPSA) is 50.4 Å². The molecule has 0 aliphatic carbocycles. The highest BCUT2D eigenvalue weighted by Gasteiger charge is 2.29. The van der Waals surface area contributed by atoms with Gasteiger partial charge in [0, 0.05) is 24.7 Å². The van der Waals surface area contributed by atoms with Crippen LogP contribution in [0.1, 0.15) is 18.9 Å². The SMILES string of the molecule is COC1CNC(C(=O)NC(C)Cc2ccccc2Cl)C1. The van der Waals surface area contributed by atoms with Gasteiger partial charge in [-0.15, -0.1) is 0 Å². The van der Waals surface area contributed by atoms with Crippen LogP contribution < -0.4 is 10.6 Å². The van der Waals surface area contributed by atoms with Crippen molar-refractivity contribution in [1.82, 2.24) is 10.6 Å². The van der Waals surface area contributed by atoms with Gasteiger partial charge in [0.15, 0.2) is 0 Å². The zero-order valence-corrected chi connectivity index (χ0v) is 12.6. The molecule has 1 fully saturated rings. The molecule has 4 nitrogen and oxygen atoms in total. The Kier molecular flexibility index (Phi) is 5.40. The van der Waals surface area contributed by atoms with E-state index in [1.54, 1.807) is 7.11 Å². The van der Waals surface area contributed by atoms with Crippen molar-refractivity contribution >= 4 is 17.5 Å². The summed E-state index contributed by atoms with van der Waals surface area (Å²) in [5.41, 5.74) is 1.05. The number of rotatable bonds is 5. The summed E-state index contributed by atoms with van der Waals surface area (Å²) in [6.45, 7) is 2.72. The largest absolute Gasteiger partial charge is 0.380 e. The lowest BCUT2D eigenvalue weighted by Gasteiger charge is -2.18. The van der Waals surface area contributed by atoms with Crippen LogP contribution in [0.25, 0.3) is 0 Å². The minimum absolute atomic E-state index is 0.0316. The first-order chi connectivity index (χ1) is 9.60. The Morgan fingerprint density at radius 2 is 2.30 bits per heavy atom. The van der Waals surface area contributed by atoms with Crippen LogP contribution in [0.2, 0.25) is 5.02 Å². The predicted octanol–water partition coefficient (Wildman–Crippen LogP) is 1.76. The average Bonchev–Trinajstić information content (AvgIpc) is 2.90. The second kappa shape index (κ2) is 7.07. The van der Waals surface area contributed by atoms with Crippen molar-refractivity contribution in [3.8, 4) is 0 Å². The lowest BCUT2D eigenvalue weighted by atomic mass is 10.1. The number of carbonyl (C=O) groups is 1. The van der Waals surface area contributed by atoms with Crippen molar-refractivity contribution in [1.29, 1.82) is 0 Å². The van der Waals surface area contributed by atoms with Crippen LogP contribution in [-0.4, -0.2) is 37.7 Å². The summed E-state index contributed by atoms with van der Waals surface area (Å²) in [4.78, 5) is 12.1. The number of ether oxygens (including phenoxy) is 1. The second-order valence-corrected chi connectivity index (χ2v) is 5.67. The lowest BCUT2D eigenvalue weighted by molar-refractivity contribution is -0.123. The van der Waals surface area contributed by atoms with Crippen LogP contribution in [0.15, 0.2) is 24.3 Å². The molecule has 1 aromatic carbocycles. The molecule has 20 heavy (non-hydrogen) atoms. The molecule has 0 bridgehead atoms. The van der Waals surface area contributed by atoms with Crippen LogP contribution in [0.4, 0.5) is 0 Å². The first-order valence-corrected chi connectivity index (χ1v) is 7.28. The summed E-state index contributed by atoms with van der Waals surface area (Å²) >= 11 is 6.13. The Morgan fingerprint density at radius 1 is 1.55 bits per heavy atom. The van der Waals surface area contributed by atoms with E-state index in [0.717, 1.165) is 30.0 Å². The van der Waals surface area contributed by atoms with Gasteiger partial charge in [-0.3, -0.25) is 4.79 Å². The molecule has 1 aromatic rings. The maximum atomic E-state index is 12.1. The third-order valence-corrected chi connectivity index (χ3v) is 3.98. The summed E-state index contributed by atoms with van der Waals surface area (Å²) in [6, 6.07) is 7.60. The molecule has 0 aromatic heterocycles. The Morgan fingerprint density at radius 3 is 2.95 bits per heavy atom. The van der Waals surface area contributed by atoms with E-state index in [1.165, 1.54) is 0 Å². The van der Waals surface area contributed by atoms with E-state index in [1.807, 2.05) is 31.2 Å². The molecular formula is C15H21ClN2O2.